The fraction of sp³-hybridized carbons (Fsp3) is 0.273. The molecule has 0 atom stereocenters. The average molecular weight is 162 g/mol. The van der Waals surface area contributed by atoms with Gasteiger partial charge in [0.1, 0.15) is 0 Å². The third kappa shape index (κ3) is 2.21. The molecule has 0 heterocycles. The largest absolute Gasteiger partial charge is 0.392 e. The second-order valence-corrected chi connectivity index (χ2v) is 2.94. The second kappa shape index (κ2) is 4.07. The summed E-state index contributed by atoms with van der Waals surface area (Å²) in [5, 5.41) is 8.68. The number of aliphatic hydroxyl groups is 1. The van der Waals surface area contributed by atoms with Crippen LogP contribution in [-0.2, 0) is 0 Å². The van der Waals surface area contributed by atoms with Gasteiger partial charge in [0.25, 0.3) is 0 Å². The maximum absolute atomic E-state index is 8.68. The fourth-order valence-electron chi connectivity index (χ4n) is 1.07. The maximum Gasteiger partial charge on any atom is 0.0618 e. The molecule has 0 aliphatic heterocycles. The number of rotatable bonds is 2. The molecule has 1 aromatic rings. The van der Waals surface area contributed by atoms with E-state index in [0.29, 0.717) is 0 Å². The van der Waals surface area contributed by atoms with Gasteiger partial charge in [0.05, 0.1) is 6.61 Å². The van der Waals surface area contributed by atoms with E-state index in [0.717, 1.165) is 5.57 Å². The lowest BCUT2D eigenvalue weighted by atomic mass is 10.1. The van der Waals surface area contributed by atoms with Crippen LogP contribution in [0.5, 0.6) is 0 Å². The fourth-order valence-corrected chi connectivity index (χ4v) is 1.07. The van der Waals surface area contributed by atoms with Crippen LogP contribution >= 0.6 is 0 Å². The lowest BCUT2D eigenvalue weighted by Gasteiger charge is -2.00. The number of hydrogen-bond donors (Lipinski definition) is 1. The van der Waals surface area contributed by atoms with Gasteiger partial charge in [0.15, 0.2) is 0 Å². The third-order valence-electron chi connectivity index (χ3n) is 1.90. The SMILES string of the molecule is CC(=CCO)c1ccc(C)cc1. The van der Waals surface area contributed by atoms with Gasteiger partial charge in [-0.2, -0.15) is 0 Å². The molecule has 1 N–H and O–H groups in total. The van der Waals surface area contributed by atoms with E-state index in [9.17, 15) is 0 Å². The van der Waals surface area contributed by atoms with Gasteiger partial charge in [0, 0.05) is 0 Å². The summed E-state index contributed by atoms with van der Waals surface area (Å²) < 4.78 is 0. The molecular formula is C11H14O. The molecule has 1 nitrogen and oxygen atoms in total. The molecule has 0 saturated carbocycles. The van der Waals surface area contributed by atoms with E-state index in [-0.39, 0.29) is 6.61 Å². The van der Waals surface area contributed by atoms with Crippen LogP contribution in [0, 0.1) is 6.92 Å². The van der Waals surface area contributed by atoms with Gasteiger partial charge in [-0.25, -0.2) is 0 Å². The first-order chi connectivity index (χ1) is 5.74. The molecule has 0 aliphatic carbocycles. The molecule has 0 bridgehead atoms. The van der Waals surface area contributed by atoms with Crippen molar-refractivity contribution in [3.63, 3.8) is 0 Å². The minimum atomic E-state index is 0.111. The van der Waals surface area contributed by atoms with Gasteiger partial charge in [-0.15, -0.1) is 0 Å². The van der Waals surface area contributed by atoms with Crippen LogP contribution in [0.4, 0.5) is 0 Å². The molecule has 0 aliphatic rings. The highest BCUT2D eigenvalue weighted by molar-refractivity contribution is 5.63. The summed E-state index contributed by atoms with van der Waals surface area (Å²) in [6.45, 7) is 4.18. The number of aryl methyl sites for hydroxylation is 1. The second-order valence-electron chi connectivity index (χ2n) is 2.94. The van der Waals surface area contributed by atoms with Crippen LogP contribution in [0.25, 0.3) is 5.57 Å². The average Bonchev–Trinajstić information content (AvgIpc) is 2.06. The first kappa shape index (κ1) is 9.01. The normalized spacial score (nSPS) is 11.8. The van der Waals surface area contributed by atoms with E-state index >= 15 is 0 Å². The number of aliphatic hydroxyl groups excluding tert-OH is 1. The Hall–Kier alpha value is -1.08. The topological polar surface area (TPSA) is 20.2 Å². The first-order valence-electron chi connectivity index (χ1n) is 4.08. The van der Waals surface area contributed by atoms with E-state index in [1.807, 2.05) is 13.0 Å². The Morgan fingerprint density at radius 2 is 1.92 bits per heavy atom. The van der Waals surface area contributed by atoms with Crippen molar-refractivity contribution in [1.82, 2.24) is 0 Å². The van der Waals surface area contributed by atoms with Gasteiger partial charge in [-0.1, -0.05) is 35.9 Å². The summed E-state index contributed by atoms with van der Waals surface area (Å²) in [6, 6.07) is 8.28. The number of allylic oxidation sites excluding steroid dienone is 1. The highest BCUT2D eigenvalue weighted by Crippen LogP contribution is 2.13. The zero-order valence-corrected chi connectivity index (χ0v) is 7.54. The van der Waals surface area contributed by atoms with Gasteiger partial charge < -0.3 is 5.11 Å². The summed E-state index contributed by atoms with van der Waals surface area (Å²) in [4.78, 5) is 0. The monoisotopic (exact) mass is 162 g/mol. The van der Waals surface area contributed by atoms with Crippen molar-refractivity contribution in [2.75, 3.05) is 6.61 Å². The molecule has 0 fully saturated rings. The highest BCUT2D eigenvalue weighted by atomic mass is 16.2. The zero-order chi connectivity index (χ0) is 8.97. The minimum absolute atomic E-state index is 0.111. The van der Waals surface area contributed by atoms with Gasteiger partial charge in [-0.3, -0.25) is 0 Å². The lowest BCUT2D eigenvalue weighted by Crippen LogP contribution is -1.82. The Morgan fingerprint density at radius 3 is 2.42 bits per heavy atom. The summed E-state index contributed by atoms with van der Waals surface area (Å²) in [6.07, 6.45) is 1.81. The molecule has 0 unspecified atom stereocenters. The van der Waals surface area contributed by atoms with Crippen molar-refractivity contribution in [2.45, 2.75) is 13.8 Å². The Labute approximate surface area is 73.4 Å². The zero-order valence-electron chi connectivity index (χ0n) is 7.54. The Morgan fingerprint density at radius 1 is 1.33 bits per heavy atom. The number of benzene rings is 1. The van der Waals surface area contributed by atoms with Crippen molar-refractivity contribution in [2.24, 2.45) is 0 Å². The quantitative estimate of drug-likeness (QED) is 0.708. The smallest absolute Gasteiger partial charge is 0.0618 e. The van der Waals surface area contributed by atoms with E-state index < -0.39 is 0 Å². The predicted molar refractivity (Wildman–Crippen MR) is 51.9 cm³/mol. The van der Waals surface area contributed by atoms with Crippen LogP contribution < -0.4 is 0 Å². The molecular weight excluding hydrogens is 148 g/mol. The van der Waals surface area contributed by atoms with Crippen molar-refractivity contribution in [1.29, 1.82) is 0 Å². The molecule has 0 saturated heterocycles. The van der Waals surface area contributed by atoms with Gasteiger partial charge in [0.2, 0.25) is 0 Å². The summed E-state index contributed by atoms with van der Waals surface area (Å²) >= 11 is 0. The Balaban J connectivity index is 2.89. The molecule has 12 heavy (non-hydrogen) atoms. The maximum atomic E-state index is 8.68. The summed E-state index contributed by atoms with van der Waals surface area (Å²) in [5.74, 6) is 0. The Bertz CT molecular complexity index is 270. The van der Waals surface area contributed by atoms with Crippen molar-refractivity contribution in [3.05, 3.63) is 41.5 Å². The van der Waals surface area contributed by atoms with Crippen molar-refractivity contribution < 1.29 is 5.11 Å². The molecule has 64 valence electrons. The van der Waals surface area contributed by atoms with Crippen molar-refractivity contribution in [3.8, 4) is 0 Å². The summed E-state index contributed by atoms with van der Waals surface area (Å²) in [7, 11) is 0. The van der Waals surface area contributed by atoms with Crippen LogP contribution in [0.15, 0.2) is 30.3 Å². The van der Waals surface area contributed by atoms with E-state index in [4.69, 9.17) is 5.11 Å². The molecule has 0 aromatic heterocycles. The standard InChI is InChI=1S/C11H14O/c1-9-3-5-11(6-4-9)10(2)7-8-12/h3-7,12H,8H2,1-2H3. The van der Waals surface area contributed by atoms with E-state index in [1.165, 1.54) is 11.1 Å². The minimum Gasteiger partial charge on any atom is -0.392 e. The van der Waals surface area contributed by atoms with E-state index in [1.54, 1.807) is 0 Å². The van der Waals surface area contributed by atoms with Crippen molar-refractivity contribution >= 4 is 5.57 Å². The molecule has 1 heteroatoms. The van der Waals surface area contributed by atoms with Gasteiger partial charge >= 0.3 is 0 Å². The number of hydrogen-bond acceptors (Lipinski definition) is 1. The third-order valence-corrected chi connectivity index (χ3v) is 1.90. The molecule has 1 rings (SSSR count). The highest BCUT2D eigenvalue weighted by Gasteiger charge is 1.92. The van der Waals surface area contributed by atoms with Crippen LogP contribution in [-0.4, -0.2) is 11.7 Å². The molecule has 1 aromatic carbocycles. The predicted octanol–water partition coefficient (Wildman–Crippen LogP) is 2.39. The lowest BCUT2D eigenvalue weighted by molar-refractivity contribution is 0.343. The molecule has 0 spiro atoms. The van der Waals surface area contributed by atoms with E-state index in [2.05, 4.69) is 31.2 Å². The first-order valence-corrected chi connectivity index (χ1v) is 4.08. The van der Waals surface area contributed by atoms with Crippen LogP contribution in [0.3, 0.4) is 0 Å². The molecule has 0 radical (unpaired) electrons. The summed E-state index contributed by atoms with van der Waals surface area (Å²) in [5.41, 5.74) is 3.56. The Kier molecular flexibility index (Phi) is 3.06. The van der Waals surface area contributed by atoms with Gasteiger partial charge in [-0.05, 0) is 25.0 Å². The van der Waals surface area contributed by atoms with Crippen LogP contribution in [0.1, 0.15) is 18.1 Å². The van der Waals surface area contributed by atoms with Crippen LogP contribution in [0.2, 0.25) is 0 Å². The molecule has 0 amide bonds.